The molecule has 0 aliphatic heterocycles. The van der Waals surface area contributed by atoms with Crippen molar-refractivity contribution in [3.63, 3.8) is 0 Å². The van der Waals surface area contributed by atoms with Crippen molar-refractivity contribution in [3.8, 4) is 5.75 Å². The normalized spacial score (nSPS) is 10.3. The maximum atomic E-state index is 5.97. The van der Waals surface area contributed by atoms with Gasteiger partial charge in [0, 0.05) is 24.2 Å². The summed E-state index contributed by atoms with van der Waals surface area (Å²) in [6.07, 6.45) is 0.721. The minimum absolute atomic E-state index is 0.412. The molecule has 0 unspecified atom stereocenters. The number of hydrogen-bond acceptors (Lipinski definition) is 4. The van der Waals surface area contributed by atoms with Crippen LogP contribution in [0.15, 0.2) is 24.3 Å². The second-order valence-corrected chi connectivity index (χ2v) is 4.61. The van der Waals surface area contributed by atoms with Crippen molar-refractivity contribution in [2.75, 3.05) is 12.4 Å². The van der Waals surface area contributed by atoms with Gasteiger partial charge in [0.1, 0.15) is 22.5 Å². The van der Waals surface area contributed by atoms with E-state index in [-0.39, 0.29) is 0 Å². The predicted molar refractivity (Wildman–Crippen MR) is 77.7 cm³/mol. The molecular weight excluding hydrogens is 285 g/mol. The van der Waals surface area contributed by atoms with E-state index in [0.717, 1.165) is 12.1 Å². The summed E-state index contributed by atoms with van der Waals surface area (Å²) in [5, 5.41) is 4.12. The number of benzene rings is 1. The predicted octanol–water partition coefficient (Wildman–Crippen LogP) is 4.10. The zero-order valence-corrected chi connectivity index (χ0v) is 12.1. The Balaban J connectivity index is 2.28. The molecule has 6 heteroatoms. The zero-order valence-electron chi connectivity index (χ0n) is 10.6. The number of methoxy groups -OCH3 is 1. The first kappa shape index (κ1) is 13.9. The van der Waals surface area contributed by atoms with Gasteiger partial charge in [0.05, 0.1) is 12.1 Å². The van der Waals surface area contributed by atoms with Gasteiger partial charge in [-0.3, -0.25) is 0 Å². The molecule has 0 saturated carbocycles. The van der Waals surface area contributed by atoms with Crippen LogP contribution < -0.4 is 10.1 Å². The Bertz CT molecular complexity index is 590. The van der Waals surface area contributed by atoms with Gasteiger partial charge in [-0.1, -0.05) is 30.1 Å². The van der Waals surface area contributed by atoms with E-state index in [1.54, 1.807) is 25.3 Å². The lowest BCUT2D eigenvalue weighted by molar-refractivity contribution is 0.415. The third kappa shape index (κ3) is 3.49. The number of rotatable bonds is 4. The third-order valence-corrected chi connectivity index (χ3v) is 2.99. The van der Waals surface area contributed by atoms with Gasteiger partial charge in [-0.15, -0.1) is 0 Å². The molecule has 2 rings (SSSR count). The van der Waals surface area contributed by atoms with E-state index in [4.69, 9.17) is 27.9 Å². The lowest BCUT2D eigenvalue weighted by Crippen LogP contribution is -1.99. The van der Waals surface area contributed by atoms with Crippen LogP contribution in [-0.4, -0.2) is 17.1 Å². The molecule has 0 aliphatic carbocycles. The first-order valence-electron chi connectivity index (χ1n) is 5.76. The summed E-state index contributed by atoms with van der Waals surface area (Å²) in [6, 6.07) is 7.06. The first-order valence-corrected chi connectivity index (χ1v) is 6.52. The number of halogens is 2. The van der Waals surface area contributed by atoms with E-state index >= 15 is 0 Å². The van der Waals surface area contributed by atoms with Crippen molar-refractivity contribution >= 4 is 34.7 Å². The van der Waals surface area contributed by atoms with Gasteiger partial charge in [-0.2, -0.15) is 0 Å². The Labute approximate surface area is 121 Å². The Hall–Kier alpha value is -1.52. The highest BCUT2D eigenvalue weighted by Gasteiger charge is 2.05. The number of aryl methyl sites for hydroxylation is 1. The van der Waals surface area contributed by atoms with Gasteiger partial charge in [0.2, 0.25) is 0 Å². The summed E-state index contributed by atoms with van der Waals surface area (Å²) in [4.78, 5) is 8.46. The van der Waals surface area contributed by atoms with Crippen LogP contribution in [0, 0.1) is 0 Å². The molecule has 0 atom stereocenters. The van der Waals surface area contributed by atoms with Crippen LogP contribution in [0.4, 0.5) is 11.5 Å². The van der Waals surface area contributed by atoms with E-state index < -0.39 is 0 Å². The third-order valence-electron chi connectivity index (χ3n) is 2.48. The SMILES string of the molecule is CCc1nc(Cl)cc(Nc2ccc(Cl)c(OC)c2)n1. The molecule has 1 heterocycles. The van der Waals surface area contributed by atoms with Crippen molar-refractivity contribution in [3.05, 3.63) is 40.3 Å². The molecule has 2 aromatic rings. The monoisotopic (exact) mass is 297 g/mol. The van der Waals surface area contributed by atoms with Crippen molar-refractivity contribution in [2.45, 2.75) is 13.3 Å². The van der Waals surface area contributed by atoms with Gasteiger partial charge in [-0.25, -0.2) is 9.97 Å². The second-order valence-electron chi connectivity index (χ2n) is 3.82. The first-order chi connectivity index (χ1) is 9.12. The molecule has 0 saturated heterocycles. The fourth-order valence-corrected chi connectivity index (χ4v) is 1.97. The number of ether oxygens (including phenoxy) is 1. The smallest absolute Gasteiger partial charge is 0.139 e. The number of hydrogen-bond donors (Lipinski definition) is 1. The summed E-state index contributed by atoms with van der Waals surface area (Å²) in [5.74, 6) is 1.93. The van der Waals surface area contributed by atoms with Crippen LogP contribution in [0.2, 0.25) is 10.2 Å². The van der Waals surface area contributed by atoms with Crippen LogP contribution in [-0.2, 0) is 6.42 Å². The fraction of sp³-hybridized carbons (Fsp3) is 0.231. The van der Waals surface area contributed by atoms with Gasteiger partial charge in [0.15, 0.2) is 0 Å². The Kier molecular flexibility index (Phi) is 4.45. The second kappa shape index (κ2) is 6.08. The van der Waals surface area contributed by atoms with E-state index in [2.05, 4.69) is 15.3 Å². The maximum absolute atomic E-state index is 5.97. The molecule has 0 fully saturated rings. The molecule has 1 N–H and O–H groups in total. The molecule has 0 radical (unpaired) electrons. The molecule has 1 aromatic heterocycles. The van der Waals surface area contributed by atoms with Gasteiger partial charge >= 0.3 is 0 Å². The molecule has 4 nitrogen and oxygen atoms in total. The number of anilines is 2. The van der Waals surface area contributed by atoms with Crippen molar-refractivity contribution in [1.82, 2.24) is 9.97 Å². The lowest BCUT2D eigenvalue weighted by atomic mass is 10.3. The summed E-state index contributed by atoms with van der Waals surface area (Å²) < 4.78 is 5.16. The molecule has 19 heavy (non-hydrogen) atoms. The highest BCUT2D eigenvalue weighted by Crippen LogP contribution is 2.28. The summed E-state index contributed by atoms with van der Waals surface area (Å²) in [5.41, 5.74) is 0.818. The van der Waals surface area contributed by atoms with Crippen LogP contribution in [0.25, 0.3) is 0 Å². The van der Waals surface area contributed by atoms with Crippen molar-refractivity contribution in [2.24, 2.45) is 0 Å². The van der Waals surface area contributed by atoms with E-state index in [1.807, 2.05) is 13.0 Å². The van der Waals surface area contributed by atoms with Crippen molar-refractivity contribution < 1.29 is 4.74 Å². The van der Waals surface area contributed by atoms with E-state index in [0.29, 0.717) is 27.6 Å². The Morgan fingerprint density at radius 3 is 2.68 bits per heavy atom. The minimum Gasteiger partial charge on any atom is -0.495 e. The molecule has 0 bridgehead atoms. The zero-order chi connectivity index (χ0) is 13.8. The summed E-state index contributed by atoms with van der Waals surface area (Å²) >= 11 is 11.9. The molecule has 0 aliphatic rings. The number of aromatic nitrogens is 2. The topological polar surface area (TPSA) is 47.0 Å². The average molecular weight is 298 g/mol. The van der Waals surface area contributed by atoms with Crippen LogP contribution >= 0.6 is 23.2 Å². The van der Waals surface area contributed by atoms with Crippen LogP contribution in [0.5, 0.6) is 5.75 Å². The lowest BCUT2D eigenvalue weighted by Gasteiger charge is -2.09. The standard InChI is InChI=1S/C13H13Cl2N3O/c1-3-12-17-11(15)7-13(18-12)16-8-4-5-9(14)10(6-8)19-2/h4-7H,3H2,1-2H3,(H,16,17,18). The Morgan fingerprint density at radius 1 is 1.21 bits per heavy atom. The molecule has 1 aromatic carbocycles. The quantitative estimate of drug-likeness (QED) is 0.863. The van der Waals surface area contributed by atoms with Gasteiger partial charge in [0.25, 0.3) is 0 Å². The summed E-state index contributed by atoms with van der Waals surface area (Å²) in [6.45, 7) is 1.97. The largest absolute Gasteiger partial charge is 0.495 e. The average Bonchev–Trinajstić information content (AvgIpc) is 2.40. The van der Waals surface area contributed by atoms with Gasteiger partial charge < -0.3 is 10.1 Å². The minimum atomic E-state index is 0.412. The number of nitrogens with one attached hydrogen (secondary N) is 1. The summed E-state index contributed by atoms with van der Waals surface area (Å²) in [7, 11) is 1.57. The fourth-order valence-electron chi connectivity index (χ4n) is 1.57. The van der Waals surface area contributed by atoms with Crippen molar-refractivity contribution in [1.29, 1.82) is 0 Å². The molecule has 0 spiro atoms. The van der Waals surface area contributed by atoms with E-state index in [1.165, 1.54) is 0 Å². The molecule has 0 amide bonds. The van der Waals surface area contributed by atoms with Crippen LogP contribution in [0.1, 0.15) is 12.7 Å². The van der Waals surface area contributed by atoms with E-state index in [9.17, 15) is 0 Å². The maximum Gasteiger partial charge on any atom is 0.139 e. The molecule has 100 valence electrons. The van der Waals surface area contributed by atoms with Crippen LogP contribution in [0.3, 0.4) is 0 Å². The molecular formula is C13H13Cl2N3O. The number of nitrogens with zero attached hydrogens (tertiary/aromatic N) is 2. The highest BCUT2D eigenvalue weighted by molar-refractivity contribution is 6.32. The Morgan fingerprint density at radius 2 is 2.00 bits per heavy atom. The highest BCUT2D eigenvalue weighted by atomic mass is 35.5. The van der Waals surface area contributed by atoms with Gasteiger partial charge in [-0.05, 0) is 12.1 Å².